The Kier molecular flexibility index (Phi) is 8.27. The Bertz CT molecular complexity index is 297. The molecular formula is C17H34N2O2. The van der Waals surface area contributed by atoms with Crippen LogP contribution in [0.15, 0.2) is 0 Å². The van der Waals surface area contributed by atoms with E-state index in [9.17, 15) is 4.79 Å². The van der Waals surface area contributed by atoms with Crippen molar-refractivity contribution in [3.63, 3.8) is 0 Å². The van der Waals surface area contributed by atoms with Crippen molar-refractivity contribution in [1.29, 1.82) is 0 Å². The van der Waals surface area contributed by atoms with E-state index in [2.05, 4.69) is 31.0 Å². The minimum absolute atomic E-state index is 0.155. The maximum Gasteiger partial charge on any atom is 0.234 e. The van der Waals surface area contributed by atoms with Crippen molar-refractivity contribution in [2.75, 3.05) is 26.2 Å². The fourth-order valence-electron chi connectivity index (χ4n) is 2.94. The standard InChI is InChI=1S/C17H34N2O2/c1-13(2)18-17(20)11-19-8-6-16(7-9-19)10-15(5)12-21-14(3)4/h13-16H,6-12H2,1-5H3,(H,18,20). The van der Waals surface area contributed by atoms with Gasteiger partial charge in [0.2, 0.25) is 5.91 Å². The van der Waals surface area contributed by atoms with Gasteiger partial charge in [0, 0.05) is 12.6 Å². The number of ether oxygens (including phenoxy) is 1. The first kappa shape index (κ1) is 18.4. The van der Waals surface area contributed by atoms with Gasteiger partial charge in [-0.2, -0.15) is 0 Å². The Morgan fingerprint density at radius 2 is 1.81 bits per heavy atom. The van der Waals surface area contributed by atoms with Gasteiger partial charge < -0.3 is 10.1 Å². The highest BCUT2D eigenvalue weighted by atomic mass is 16.5. The van der Waals surface area contributed by atoms with Crippen LogP contribution in [0.25, 0.3) is 0 Å². The molecule has 1 aliphatic heterocycles. The molecule has 1 rings (SSSR count). The van der Waals surface area contributed by atoms with Gasteiger partial charge in [-0.3, -0.25) is 9.69 Å². The second-order valence-electron chi connectivity index (χ2n) is 7.16. The van der Waals surface area contributed by atoms with E-state index in [0.29, 0.717) is 18.6 Å². The third kappa shape index (κ3) is 8.42. The van der Waals surface area contributed by atoms with Crippen LogP contribution in [0, 0.1) is 11.8 Å². The first-order chi connectivity index (χ1) is 9.86. The van der Waals surface area contributed by atoms with Crippen LogP contribution >= 0.6 is 0 Å². The molecule has 0 aromatic rings. The van der Waals surface area contributed by atoms with Crippen molar-refractivity contribution in [2.24, 2.45) is 11.8 Å². The summed E-state index contributed by atoms with van der Waals surface area (Å²) in [7, 11) is 0. The SMILES string of the molecule is CC(COC(C)C)CC1CCN(CC(=O)NC(C)C)CC1. The van der Waals surface area contributed by atoms with Crippen molar-refractivity contribution < 1.29 is 9.53 Å². The van der Waals surface area contributed by atoms with Gasteiger partial charge in [0.15, 0.2) is 0 Å². The predicted octanol–water partition coefficient (Wildman–Crippen LogP) is 2.67. The molecule has 0 aromatic carbocycles. The van der Waals surface area contributed by atoms with Crippen LogP contribution in [0.4, 0.5) is 0 Å². The number of nitrogens with one attached hydrogen (secondary N) is 1. The second kappa shape index (κ2) is 9.42. The number of rotatable bonds is 8. The molecule has 1 heterocycles. The Hall–Kier alpha value is -0.610. The molecule has 0 saturated carbocycles. The molecule has 0 bridgehead atoms. The zero-order chi connectivity index (χ0) is 15.8. The zero-order valence-corrected chi connectivity index (χ0v) is 14.5. The number of nitrogens with zero attached hydrogens (tertiary/aromatic N) is 1. The molecule has 21 heavy (non-hydrogen) atoms. The monoisotopic (exact) mass is 298 g/mol. The van der Waals surface area contributed by atoms with Crippen molar-refractivity contribution in [1.82, 2.24) is 10.2 Å². The maximum absolute atomic E-state index is 11.8. The van der Waals surface area contributed by atoms with E-state index in [4.69, 9.17) is 4.74 Å². The van der Waals surface area contributed by atoms with Gasteiger partial charge in [0.25, 0.3) is 0 Å². The highest BCUT2D eigenvalue weighted by Gasteiger charge is 2.22. The molecule has 4 nitrogen and oxygen atoms in total. The number of hydrogen-bond acceptors (Lipinski definition) is 3. The summed E-state index contributed by atoms with van der Waals surface area (Å²) in [6.45, 7) is 14.0. The van der Waals surface area contributed by atoms with Crippen molar-refractivity contribution in [3.8, 4) is 0 Å². The fraction of sp³-hybridized carbons (Fsp3) is 0.941. The summed E-state index contributed by atoms with van der Waals surface area (Å²) < 4.78 is 5.69. The highest BCUT2D eigenvalue weighted by Crippen LogP contribution is 2.24. The summed E-state index contributed by atoms with van der Waals surface area (Å²) in [4.78, 5) is 14.0. The molecule has 1 aliphatic rings. The van der Waals surface area contributed by atoms with Crippen LogP contribution in [0.1, 0.15) is 53.9 Å². The number of amides is 1. The average molecular weight is 298 g/mol. The summed E-state index contributed by atoms with van der Waals surface area (Å²) in [5, 5.41) is 2.96. The number of likely N-dealkylation sites (tertiary alicyclic amines) is 1. The lowest BCUT2D eigenvalue weighted by atomic mass is 9.88. The third-order valence-electron chi connectivity index (χ3n) is 3.97. The summed E-state index contributed by atoms with van der Waals surface area (Å²) in [5.41, 5.74) is 0. The van der Waals surface area contributed by atoms with Gasteiger partial charge in [-0.25, -0.2) is 0 Å². The summed E-state index contributed by atoms with van der Waals surface area (Å²) in [6, 6.07) is 0.233. The number of hydrogen-bond donors (Lipinski definition) is 1. The van der Waals surface area contributed by atoms with E-state index in [1.165, 1.54) is 19.3 Å². The molecule has 4 heteroatoms. The minimum Gasteiger partial charge on any atom is -0.379 e. The van der Waals surface area contributed by atoms with Gasteiger partial charge >= 0.3 is 0 Å². The van der Waals surface area contributed by atoms with Crippen molar-refractivity contribution >= 4 is 5.91 Å². The van der Waals surface area contributed by atoms with Gasteiger partial charge in [0.05, 0.1) is 12.6 Å². The topological polar surface area (TPSA) is 41.6 Å². The highest BCUT2D eigenvalue weighted by molar-refractivity contribution is 5.78. The van der Waals surface area contributed by atoms with E-state index in [-0.39, 0.29) is 11.9 Å². The van der Waals surface area contributed by atoms with E-state index in [1.54, 1.807) is 0 Å². The fourth-order valence-corrected chi connectivity index (χ4v) is 2.94. The summed E-state index contributed by atoms with van der Waals surface area (Å²) in [6.07, 6.45) is 3.99. The van der Waals surface area contributed by atoms with Crippen LogP contribution in [-0.4, -0.2) is 49.2 Å². The largest absolute Gasteiger partial charge is 0.379 e. The van der Waals surface area contributed by atoms with E-state index < -0.39 is 0 Å². The van der Waals surface area contributed by atoms with E-state index in [1.807, 2.05) is 13.8 Å². The molecule has 0 spiro atoms. The molecule has 1 N–H and O–H groups in total. The van der Waals surface area contributed by atoms with Gasteiger partial charge in [-0.15, -0.1) is 0 Å². The molecule has 124 valence electrons. The molecular weight excluding hydrogens is 264 g/mol. The first-order valence-corrected chi connectivity index (χ1v) is 8.50. The molecule has 0 aromatic heterocycles. The molecule has 0 radical (unpaired) electrons. The Labute approximate surface area is 130 Å². The normalized spacial score (nSPS) is 19.2. The Balaban J connectivity index is 2.18. The zero-order valence-electron chi connectivity index (χ0n) is 14.5. The van der Waals surface area contributed by atoms with Gasteiger partial charge in [-0.05, 0) is 71.9 Å². The molecule has 0 aliphatic carbocycles. The van der Waals surface area contributed by atoms with Gasteiger partial charge in [-0.1, -0.05) is 6.92 Å². The lowest BCUT2D eigenvalue weighted by molar-refractivity contribution is -0.123. The van der Waals surface area contributed by atoms with Crippen LogP contribution in [-0.2, 0) is 9.53 Å². The molecule has 1 saturated heterocycles. The van der Waals surface area contributed by atoms with E-state index in [0.717, 1.165) is 25.6 Å². The molecule has 1 atom stereocenters. The maximum atomic E-state index is 11.8. The number of piperidine rings is 1. The Morgan fingerprint density at radius 3 is 2.33 bits per heavy atom. The van der Waals surface area contributed by atoms with Crippen LogP contribution < -0.4 is 5.32 Å². The Morgan fingerprint density at radius 1 is 1.19 bits per heavy atom. The van der Waals surface area contributed by atoms with Crippen LogP contribution in [0.3, 0.4) is 0 Å². The minimum atomic E-state index is 0.155. The lowest BCUT2D eigenvalue weighted by Gasteiger charge is -2.32. The van der Waals surface area contributed by atoms with E-state index >= 15 is 0 Å². The predicted molar refractivity (Wildman–Crippen MR) is 87.3 cm³/mol. The molecule has 1 fully saturated rings. The first-order valence-electron chi connectivity index (χ1n) is 8.50. The van der Waals surface area contributed by atoms with Gasteiger partial charge in [0.1, 0.15) is 0 Å². The van der Waals surface area contributed by atoms with Crippen molar-refractivity contribution in [2.45, 2.75) is 66.0 Å². The number of carbonyl (C=O) groups excluding carboxylic acids is 1. The summed E-state index contributed by atoms with van der Waals surface area (Å²) in [5.74, 6) is 1.58. The third-order valence-corrected chi connectivity index (χ3v) is 3.97. The van der Waals surface area contributed by atoms with Crippen molar-refractivity contribution in [3.05, 3.63) is 0 Å². The lowest BCUT2D eigenvalue weighted by Crippen LogP contribution is -2.43. The summed E-state index contributed by atoms with van der Waals surface area (Å²) >= 11 is 0. The molecule has 1 amide bonds. The average Bonchev–Trinajstić information content (AvgIpc) is 2.37. The number of carbonyl (C=O) groups is 1. The second-order valence-corrected chi connectivity index (χ2v) is 7.16. The smallest absolute Gasteiger partial charge is 0.234 e. The van der Waals surface area contributed by atoms with Crippen LogP contribution in [0.5, 0.6) is 0 Å². The molecule has 1 unspecified atom stereocenters. The quantitative estimate of drug-likeness (QED) is 0.749. The van der Waals surface area contributed by atoms with Crippen LogP contribution in [0.2, 0.25) is 0 Å².